The summed E-state index contributed by atoms with van der Waals surface area (Å²) < 4.78 is 29.8. The summed E-state index contributed by atoms with van der Waals surface area (Å²) >= 11 is 0. The van der Waals surface area contributed by atoms with Gasteiger partial charge in [0.05, 0.1) is 5.56 Å². The first kappa shape index (κ1) is 17.2. The quantitative estimate of drug-likeness (QED) is 0.742. The van der Waals surface area contributed by atoms with Crippen molar-refractivity contribution in [2.75, 3.05) is 0 Å². The number of alkyl halides is 2. The average molecular weight is 337 g/mol. The standard InChI is InChI=1S/C19H25F2NO2/c1-2-13-7-9-14(10-8-13)22(15-11-12-15)18(23)16-5-3-4-6-17(16)24-19(20)21/h3-6,13-15,19H,2,7-12H2,1H3. The number of carbonyl (C=O) groups excluding carboxylic acids is 1. The molecule has 0 aliphatic heterocycles. The van der Waals surface area contributed by atoms with Crippen LogP contribution in [0, 0.1) is 5.92 Å². The van der Waals surface area contributed by atoms with Crippen molar-refractivity contribution >= 4 is 5.91 Å². The maximum atomic E-state index is 13.1. The lowest BCUT2D eigenvalue weighted by Crippen LogP contribution is -2.44. The third kappa shape index (κ3) is 3.87. The molecule has 2 saturated carbocycles. The molecule has 1 amide bonds. The Morgan fingerprint density at radius 2 is 1.71 bits per heavy atom. The SMILES string of the molecule is CCC1CCC(N(C(=O)c2ccccc2OC(F)F)C2CC2)CC1. The molecule has 0 aromatic heterocycles. The summed E-state index contributed by atoms with van der Waals surface area (Å²) in [7, 11) is 0. The van der Waals surface area contributed by atoms with Crippen molar-refractivity contribution in [2.45, 2.75) is 70.6 Å². The molecule has 0 unspecified atom stereocenters. The van der Waals surface area contributed by atoms with Crippen LogP contribution in [0.4, 0.5) is 8.78 Å². The lowest BCUT2D eigenvalue weighted by molar-refractivity contribution is -0.0503. The smallest absolute Gasteiger partial charge is 0.387 e. The van der Waals surface area contributed by atoms with Crippen molar-refractivity contribution in [1.82, 2.24) is 4.90 Å². The fourth-order valence-electron chi connectivity index (χ4n) is 3.79. The minimum Gasteiger partial charge on any atom is -0.434 e. The summed E-state index contributed by atoms with van der Waals surface area (Å²) in [4.78, 5) is 15.0. The van der Waals surface area contributed by atoms with Gasteiger partial charge in [-0.1, -0.05) is 25.5 Å². The summed E-state index contributed by atoms with van der Waals surface area (Å²) in [5, 5.41) is 0. The summed E-state index contributed by atoms with van der Waals surface area (Å²) in [6.07, 6.45) is 7.53. The highest BCUT2D eigenvalue weighted by Crippen LogP contribution is 2.38. The van der Waals surface area contributed by atoms with Crippen molar-refractivity contribution < 1.29 is 18.3 Å². The number of hydrogen-bond donors (Lipinski definition) is 0. The molecule has 0 radical (unpaired) electrons. The van der Waals surface area contributed by atoms with Gasteiger partial charge in [0.25, 0.3) is 5.91 Å². The number of benzene rings is 1. The van der Waals surface area contributed by atoms with E-state index in [1.165, 1.54) is 12.5 Å². The fraction of sp³-hybridized carbons (Fsp3) is 0.632. The molecule has 0 N–H and O–H groups in total. The summed E-state index contributed by atoms with van der Waals surface area (Å²) in [6, 6.07) is 6.84. The number of amides is 1. The van der Waals surface area contributed by atoms with Crippen molar-refractivity contribution in [1.29, 1.82) is 0 Å². The molecule has 3 rings (SSSR count). The summed E-state index contributed by atoms with van der Waals surface area (Å²) in [6.45, 7) is -0.708. The molecule has 5 heteroatoms. The largest absolute Gasteiger partial charge is 0.434 e. The van der Waals surface area contributed by atoms with E-state index in [9.17, 15) is 13.6 Å². The minimum atomic E-state index is -2.92. The molecular formula is C19H25F2NO2. The van der Waals surface area contributed by atoms with Crippen LogP contribution < -0.4 is 4.74 Å². The first-order valence-electron chi connectivity index (χ1n) is 8.96. The van der Waals surface area contributed by atoms with Crippen LogP contribution in [-0.4, -0.2) is 29.5 Å². The maximum Gasteiger partial charge on any atom is 0.387 e. The van der Waals surface area contributed by atoms with Gasteiger partial charge in [-0.2, -0.15) is 8.78 Å². The molecular weight excluding hydrogens is 312 g/mol. The highest BCUT2D eigenvalue weighted by atomic mass is 19.3. The van der Waals surface area contributed by atoms with E-state index in [1.54, 1.807) is 18.2 Å². The summed E-state index contributed by atoms with van der Waals surface area (Å²) in [5.41, 5.74) is 0.252. The van der Waals surface area contributed by atoms with E-state index < -0.39 is 6.61 Å². The second-order valence-corrected chi connectivity index (χ2v) is 6.90. The zero-order chi connectivity index (χ0) is 17.1. The van der Waals surface area contributed by atoms with Crippen LogP contribution in [0.25, 0.3) is 0 Å². The molecule has 3 nitrogen and oxygen atoms in total. The molecule has 2 aliphatic rings. The lowest BCUT2D eigenvalue weighted by atomic mass is 9.83. The number of carbonyl (C=O) groups is 1. The van der Waals surface area contributed by atoms with Gasteiger partial charge in [-0.3, -0.25) is 4.79 Å². The molecule has 0 saturated heterocycles. The van der Waals surface area contributed by atoms with Gasteiger partial charge < -0.3 is 9.64 Å². The minimum absolute atomic E-state index is 0.0228. The number of rotatable bonds is 6. The van der Waals surface area contributed by atoms with Crippen LogP contribution >= 0.6 is 0 Å². The number of para-hydroxylation sites is 1. The van der Waals surface area contributed by atoms with Crippen molar-refractivity contribution in [3.05, 3.63) is 29.8 Å². The zero-order valence-electron chi connectivity index (χ0n) is 14.1. The van der Waals surface area contributed by atoms with Gasteiger partial charge in [-0.25, -0.2) is 0 Å². The Balaban J connectivity index is 1.78. The highest BCUT2D eigenvalue weighted by Gasteiger charge is 2.39. The van der Waals surface area contributed by atoms with E-state index >= 15 is 0 Å². The second kappa shape index (κ2) is 7.49. The van der Waals surface area contributed by atoms with Gasteiger partial charge in [-0.15, -0.1) is 0 Å². The third-order valence-electron chi connectivity index (χ3n) is 5.30. The van der Waals surface area contributed by atoms with Crippen LogP contribution in [0.1, 0.15) is 62.2 Å². The topological polar surface area (TPSA) is 29.5 Å². The number of nitrogens with zero attached hydrogens (tertiary/aromatic N) is 1. The predicted molar refractivity (Wildman–Crippen MR) is 88.3 cm³/mol. The number of halogens is 2. The van der Waals surface area contributed by atoms with Gasteiger partial charge in [0, 0.05) is 12.1 Å². The van der Waals surface area contributed by atoms with Gasteiger partial charge in [0.2, 0.25) is 0 Å². The van der Waals surface area contributed by atoms with Crippen molar-refractivity contribution in [2.24, 2.45) is 5.92 Å². The van der Waals surface area contributed by atoms with E-state index in [0.29, 0.717) is 0 Å². The molecule has 24 heavy (non-hydrogen) atoms. The van der Waals surface area contributed by atoms with Crippen LogP contribution in [-0.2, 0) is 0 Å². The van der Waals surface area contributed by atoms with Crippen LogP contribution in [0.5, 0.6) is 5.75 Å². The fourth-order valence-corrected chi connectivity index (χ4v) is 3.79. The molecule has 2 fully saturated rings. The predicted octanol–water partition coefficient (Wildman–Crippen LogP) is 4.86. The van der Waals surface area contributed by atoms with Crippen LogP contribution in [0.3, 0.4) is 0 Å². The average Bonchev–Trinajstić information content (AvgIpc) is 3.40. The Kier molecular flexibility index (Phi) is 5.36. The van der Waals surface area contributed by atoms with E-state index in [1.807, 2.05) is 4.90 Å². The van der Waals surface area contributed by atoms with Crippen LogP contribution in [0.2, 0.25) is 0 Å². The van der Waals surface area contributed by atoms with Gasteiger partial charge in [-0.05, 0) is 56.6 Å². The Morgan fingerprint density at radius 1 is 1.12 bits per heavy atom. The molecule has 0 heterocycles. The monoisotopic (exact) mass is 337 g/mol. The molecule has 0 atom stereocenters. The number of hydrogen-bond acceptors (Lipinski definition) is 2. The maximum absolute atomic E-state index is 13.1. The first-order chi connectivity index (χ1) is 11.6. The van der Waals surface area contributed by atoms with Crippen molar-refractivity contribution in [3.8, 4) is 5.75 Å². The third-order valence-corrected chi connectivity index (χ3v) is 5.30. The van der Waals surface area contributed by atoms with E-state index in [2.05, 4.69) is 11.7 Å². The van der Waals surface area contributed by atoms with Gasteiger partial charge in [0.1, 0.15) is 5.75 Å². The number of ether oxygens (including phenoxy) is 1. The van der Waals surface area contributed by atoms with E-state index in [0.717, 1.165) is 44.4 Å². The first-order valence-corrected chi connectivity index (χ1v) is 8.96. The molecule has 0 bridgehead atoms. The lowest BCUT2D eigenvalue weighted by Gasteiger charge is -2.37. The Bertz CT molecular complexity index is 566. The second-order valence-electron chi connectivity index (χ2n) is 6.90. The normalized spacial score (nSPS) is 24.0. The summed E-state index contributed by atoms with van der Waals surface area (Å²) in [5.74, 6) is 0.575. The highest BCUT2D eigenvalue weighted by molar-refractivity contribution is 5.97. The molecule has 132 valence electrons. The molecule has 2 aliphatic carbocycles. The van der Waals surface area contributed by atoms with Gasteiger partial charge in [0.15, 0.2) is 0 Å². The Hall–Kier alpha value is -1.65. The Morgan fingerprint density at radius 3 is 2.25 bits per heavy atom. The molecule has 0 spiro atoms. The van der Waals surface area contributed by atoms with Crippen molar-refractivity contribution in [3.63, 3.8) is 0 Å². The van der Waals surface area contributed by atoms with E-state index in [-0.39, 0.29) is 29.3 Å². The van der Waals surface area contributed by atoms with E-state index in [4.69, 9.17) is 0 Å². The molecule has 1 aromatic rings. The molecule has 1 aromatic carbocycles. The zero-order valence-corrected chi connectivity index (χ0v) is 14.1. The Labute approximate surface area is 142 Å². The van der Waals surface area contributed by atoms with Gasteiger partial charge >= 0.3 is 6.61 Å². The van der Waals surface area contributed by atoms with Crippen LogP contribution in [0.15, 0.2) is 24.3 Å².